The first-order valence-corrected chi connectivity index (χ1v) is 4.14. The van der Waals surface area contributed by atoms with E-state index in [1.165, 1.54) is 4.90 Å². The molecule has 0 saturated carbocycles. The van der Waals surface area contributed by atoms with E-state index in [1.54, 1.807) is 21.0 Å². The highest BCUT2D eigenvalue weighted by molar-refractivity contribution is 5.81. The molecule has 1 amide bonds. The van der Waals surface area contributed by atoms with Crippen molar-refractivity contribution in [2.24, 2.45) is 0 Å². The molecule has 0 bridgehead atoms. The molecule has 0 fully saturated rings. The van der Waals surface area contributed by atoms with Gasteiger partial charge in [0.25, 0.3) is 0 Å². The van der Waals surface area contributed by atoms with E-state index in [0.717, 1.165) is 6.08 Å². The van der Waals surface area contributed by atoms with Crippen molar-refractivity contribution in [1.29, 1.82) is 0 Å². The lowest BCUT2D eigenvalue weighted by atomic mass is 10.4. The van der Waals surface area contributed by atoms with E-state index < -0.39 is 18.2 Å². The van der Waals surface area contributed by atoms with Gasteiger partial charge in [0.2, 0.25) is 0 Å². The smallest absolute Gasteiger partial charge is 0.409 e. The van der Waals surface area contributed by atoms with Gasteiger partial charge in [0.15, 0.2) is 0 Å². The maximum atomic E-state index is 10.9. The summed E-state index contributed by atoms with van der Waals surface area (Å²) in [4.78, 5) is 22.9. The summed E-state index contributed by atoms with van der Waals surface area (Å²) in [6, 6.07) is 0. The Morgan fingerprint density at radius 1 is 1.50 bits per heavy atom. The predicted molar refractivity (Wildman–Crippen MR) is 50.8 cm³/mol. The predicted octanol–water partition coefficient (Wildman–Crippen LogP) is 0.802. The molecule has 0 aliphatic heterocycles. The summed E-state index contributed by atoms with van der Waals surface area (Å²) in [5.74, 6) is -0.529. The molecule has 0 aliphatic carbocycles. The SMILES string of the molecule is C=CC(=O)OC(C)COC(=O)N(C)C. The minimum Gasteiger partial charge on any atom is -0.456 e. The summed E-state index contributed by atoms with van der Waals surface area (Å²) in [6.07, 6.45) is 0.125. The summed E-state index contributed by atoms with van der Waals surface area (Å²) in [5.41, 5.74) is 0. The topological polar surface area (TPSA) is 55.8 Å². The molecule has 1 unspecified atom stereocenters. The summed E-state index contributed by atoms with van der Waals surface area (Å²) in [7, 11) is 3.14. The molecule has 5 nitrogen and oxygen atoms in total. The Morgan fingerprint density at radius 3 is 2.50 bits per heavy atom. The number of hydrogen-bond acceptors (Lipinski definition) is 4. The van der Waals surface area contributed by atoms with Gasteiger partial charge in [-0.3, -0.25) is 0 Å². The molecule has 14 heavy (non-hydrogen) atoms. The van der Waals surface area contributed by atoms with Crippen molar-refractivity contribution < 1.29 is 19.1 Å². The number of nitrogens with zero attached hydrogens (tertiary/aromatic N) is 1. The van der Waals surface area contributed by atoms with Gasteiger partial charge < -0.3 is 14.4 Å². The van der Waals surface area contributed by atoms with Gasteiger partial charge in [0.1, 0.15) is 12.7 Å². The van der Waals surface area contributed by atoms with Crippen LogP contribution in [0.1, 0.15) is 6.92 Å². The minimum atomic E-state index is -0.529. The van der Waals surface area contributed by atoms with E-state index in [0.29, 0.717) is 0 Å². The Morgan fingerprint density at radius 2 is 2.07 bits per heavy atom. The molecule has 80 valence electrons. The maximum Gasteiger partial charge on any atom is 0.409 e. The number of amides is 1. The monoisotopic (exact) mass is 201 g/mol. The Kier molecular flexibility index (Phi) is 5.36. The highest BCUT2D eigenvalue weighted by atomic mass is 16.6. The molecule has 0 aromatic heterocycles. The van der Waals surface area contributed by atoms with Crippen LogP contribution in [0.5, 0.6) is 0 Å². The highest BCUT2D eigenvalue weighted by Gasteiger charge is 2.10. The Balaban J connectivity index is 3.74. The average molecular weight is 201 g/mol. The van der Waals surface area contributed by atoms with E-state index in [2.05, 4.69) is 6.58 Å². The molecule has 0 N–H and O–H groups in total. The van der Waals surface area contributed by atoms with Crippen LogP contribution in [0.25, 0.3) is 0 Å². The van der Waals surface area contributed by atoms with Crippen LogP contribution >= 0.6 is 0 Å². The van der Waals surface area contributed by atoms with E-state index >= 15 is 0 Å². The van der Waals surface area contributed by atoms with Gasteiger partial charge in [-0.2, -0.15) is 0 Å². The molecule has 0 aromatic rings. The van der Waals surface area contributed by atoms with Crippen LogP contribution in [-0.4, -0.2) is 43.8 Å². The van der Waals surface area contributed by atoms with E-state index in [1.807, 2.05) is 0 Å². The normalized spacial score (nSPS) is 11.4. The van der Waals surface area contributed by atoms with Crippen molar-refractivity contribution in [3.05, 3.63) is 12.7 Å². The second-order valence-corrected chi connectivity index (χ2v) is 2.92. The van der Waals surface area contributed by atoms with Crippen molar-refractivity contribution in [2.75, 3.05) is 20.7 Å². The molecule has 0 heterocycles. The maximum absolute atomic E-state index is 10.9. The zero-order valence-corrected chi connectivity index (χ0v) is 8.65. The molecule has 0 rings (SSSR count). The van der Waals surface area contributed by atoms with Crippen LogP contribution in [-0.2, 0) is 14.3 Å². The summed E-state index contributed by atoms with van der Waals surface area (Å²) in [6.45, 7) is 4.91. The van der Waals surface area contributed by atoms with Crippen LogP contribution in [0, 0.1) is 0 Å². The minimum absolute atomic E-state index is 0.0383. The highest BCUT2D eigenvalue weighted by Crippen LogP contribution is 1.95. The second-order valence-electron chi connectivity index (χ2n) is 2.92. The first-order chi connectivity index (χ1) is 6.47. The largest absolute Gasteiger partial charge is 0.456 e. The molecule has 0 aromatic carbocycles. The third-order valence-corrected chi connectivity index (χ3v) is 1.29. The molecule has 0 aliphatic rings. The van der Waals surface area contributed by atoms with Gasteiger partial charge >= 0.3 is 12.1 Å². The average Bonchev–Trinajstić information content (AvgIpc) is 2.13. The molecule has 1 atom stereocenters. The number of hydrogen-bond donors (Lipinski definition) is 0. The molecular weight excluding hydrogens is 186 g/mol. The van der Waals surface area contributed by atoms with Gasteiger partial charge in [-0.15, -0.1) is 0 Å². The van der Waals surface area contributed by atoms with Gasteiger partial charge in [-0.05, 0) is 6.92 Å². The molecule has 0 spiro atoms. The molecule has 5 heteroatoms. The lowest BCUT2D eigenvalue weighted by molar-refractivity contribution is -0.144. The number of rotatable bonds is 4. The van der Waals surface area contributed by atoms with E-state index in [-0.39, 0.29) is 6.61 Å². The summed E-state index contributed by atoms with van der Waals surface area (Å²) in [5, 5.41) is 0. The van der Waals surface area contributed by atoms with Crippen LogP contribution in [0.3, 0.4) is 0 Å². The second kappa shape index (κ2) is 6.01. The van der Waals surface area contributed by atoms with Crippen molar-refractivity contribution in [1.82, 2.24) is 4.90 Å². The summed E-state index contributed by atoms with van der Waals surface area (Å²) < 4.78 is 9.56. The number of esters is 1. The van der Waals surface area contributed by atoms with E-state index in [9.17, 15) is 9.59 Å². The van der Waals surface area contributed by atoms with Crippen LogP contribution in [0.4, 0.5) is 4.79 Å². The number of carbonyl (C=O) groups is 2. The van der Waals surface area contributed by atoms with Crippen molar-refractivity contribution >= 4 is 12.1 Å². The third-order valence-electron chi connectivity index (χ3n) is 1.29. The Bertz CT molecular complexity index is 225. The van der Waals surface area contributed by atoms with Gasteiger partial charge in [0.05, 0.1) is 0 Å². The fraction of sp³-hybridized carbons (Fsp3) is 0.556. The lowest BCUT2D eigenvalue weighted by Crippen LogP contribution is -2.27. The van der Waals surface area contributed by atoms with Crippen LogP contribution < -0.4 is 0 Å². The molecular formula is C9H15NO4. The number of ether oxygens (including phenoxy) is 2. The summed E-state index contributed by atoms with van der Waals surface area (Å²) >= 11 is 0. The lowest BCUT2D eigenvalue weighted by Gasteiger charge is -2.14. The third kappa shape index (κ3) is 5.18. The van der Waals surface area contributed by atoms with Crippen molar-refractivity contribution in [3.8, 4) is 0 Å². The first kappa shape index (κ1) is 12.5. The first-order valence-electron chi connectivity index (χ1n) is 4.14. The Hall–Kier alpha value is -1.52. The zero-order chi connectivity index (χ0) is 11.1. The van der Waals surface area contributed by atoms with Crippen molar-refractivity contribution in [3.63, 3.8) is 0 Å². The van der Waals surface area contributed by atoms with Gasteiger partial charge in [-0.25, -0.2) is 9.59 Å². The molecule has 0 saturated heterocycles. The standard InChI is InChI=1S/C9H15NO4/c1-5-8(11)14-7(2)6-13-9(12)10(3)4/h5,7H,1,6H2,2-4H3. The Labute approximate surface area is 83.3 Å². The van der Waals surface area contributed by atoms with E-state index in [4.69, 9.17) is 9.47 Å². The van der Waals surface area contributed by atoms with Gasteiger partial charge in [-0.1, -0.05) is 6.58 Å². The quantitative estimate of drug-likeness (QED) is 0.498. The van der Waals surface area contributed by atoms with Gasteiger partial charge in [0, 0.05) is 20.2 Å². The van der Waals surface area contributed by atoms with Crippen LogP contribution in [0.15, 0.2) is 12.7 Å². The fourth-order valence-electron chi connectivity index (χ4n) is 0.598. The zero-order valence-electron chi connectivity index (χ0n) is 8.65. The fourth-order valence-corrected chi connectivity index (χ4v) is 0.598. The van der Waals surface area contributed by atoms with Crippen LogP contribution in [0.2, 0.25) is 0 Å². The molecule has 0 radical (unpaired) electrons. The van der Waals surface area contributed by atoms with Crippen molar-refractivity contribution in [2.45, 2.75) is 13.0 Å². The number of carbonyl (C=O) groups excluding carboxylic acids is 2.